The quantitative estimate of drug-likeness (QED) is 0.655. The van der Waals surface area contributed by atoms with Gasteiger partial charge in [-0.05, 0) is 37.5 Å². The van der Waals surface area contributed by atoms with Crippen LogP contribution in [-0.4, -0.2) is 16.5 Å². The number of nitrogens with zero attached hydrogens (tertiary/aromatic N) is 3. The van der Waals surface area contributed by atoms with Crippen molar-refractivity contribution in [2.45, 2.75) is 32.2 Å². The molecule has 1 aromatic heterocycles. The molecule has 0 spiro atoms. The summed E-state index contributed by atoms with van der Waals surface area (Å²) in [6.45, 7) is 2.88. The Morgan fingerprint density at radius 2 is 1.92 bits per heavy atom. The fourth-order valence-corrected chi connectivity index (χ4v) is 3.64. The van der Waals surface area contributed by atoms with Gasteiger partial charge in [-0.15, -0.1) is 0 Å². The number of para-hydroxylation sites is 1. The lowest BCUT2D eigenvalue weighted by atomic mass is 10.0. The number of halogens is 2. The zero-order valence-electron chi connectivity index (χ0n) is 14.0. The van der Waals surface area contributed by atoms with Gasteiger partial charge in [-0.1, -0.05) is 42.0 Å². The summed E-state index contributed by atoms with van der Waals surface area (Å²) < 4.78 is 26.6. The van der Waals surface area contributed by atoms with Crippen LogP contribution >= 0.6 is 0 Å². The Hall–Kier alpha value is -2.56. The molecule has 2 aromatic carbocycles. The van der Waals surface area contributed by atoms with Gasteiger partial charge in [-0.25, -0.2) is 18.7 Å². The van der Waals surface area contributed by atoms with Gasteiger partial charge in [-0.2, -0.15) is 0 Å². The smallest absolute Gasteiger partial charge is 0.297 e. The molecule has 1 fully saturated rings. The van der Waals surface area contributed by atoms with Crippen molar-refractivity contribution in [2.75, 3.05) is 11.4 Å². The Kier molecular flexibility index (Phi) is 4.07. The summed E-state index contributed by atoms with van der Waals surface area (Å²) in [4.78, 5) is 10.4. The second-order valence-electron chi connectivity index (χ2n) is 6.49. The molecule has 1 atom stereocenters. The monoisotopic (exact) mass is 339 g/mol. The number of rotatable bonds is 3. The van der Waals surface area contributed by atoms with E-state index in [0.717, 1.165) is 24.8 Å². The second-order valence-corrected chi connectivity index (χ2v) is 6.49. The van der Waals surface area contributed by atoms with Crippen LogP contribution in [0.1, 0.15) is 42.3 Å². The van der Waals surface area contributed by atoms with Gasteiger partial charge < -0.3 is 4.90 Å². The van der Waals surface area contributed by atoms with E-state index in [1.54, 1.807) is 6.07 Å². The van der Waals surface area contributed by atoms with Gasteiger partial charge in [0.2, 0.25) is 0 Å². The minimum atomic E-state index is -2.68. The Morgan fingerprint density at radius 3 is 2.72 bits per heavy atom. The van der Waals surface area contributed by atoms with Crippen molar-refractivity contribution in [1.82, 2.24) is 9.97 Å². The van der Waals surface area contributed by atoms with E-state index in [0.29, 0.717) is 11.3 Å². The highest BCUT2D eigenvalue weighted by atomic mass is 19.3. The first-order valence-corrected chi connectivity index (χ1v) is 8.51. The highest BCUT2D eigenvalue weighted by Gasteiger charge is 2.29. The number of fused-ring (bicyclic) bond motifs is 1. The van der Waals surface area contributed by atoms with Crippen LogP contribution in [0.5, 0.6) is 0 Å². The molecule has 2 heterocycles. The largest absolute Gasteiger partial charge is 0.349 e. The predicted molar refractivity (Wildman–Crippen MR) is 95.0 cm³/mol. The summed E-state index contributed by atoms with van der Waals surface area (Å²) >= 11 is 0. The van der Waals surface area contributed by atoms with Crippen molar-refractivity contribution in [3.8, 4) is 0 Å². The average Bonchev–Trinajstić information content (AvgIpc) is 3.10. The van der Waals surface area contributed by atoms with Crippen molar-refractivity contribution >= 4 is 16.7 Å². The molecule has 0 N–H and O–H groups in total. The third kappa shape index (κ3) is 2.95. The molecule has 1 aliphatic heterocycles. The van der Waals surface area contributed by atoms with Gasteiger partial charge in [0, 0.05) is 11.9 Å². The topological polar surface area (TPSA) is 29.0 Å². The van der Waals surface area contributed by atoms with E-state index in [1.165, 1.54) is 11.1 Å². The van der Waals surface area contributed by atoms with Crippen LogP contribution in [0.25, 0.3) is 10.9 Å². The maximum absolute atomic E-state index is 13.3. The van der Waals surface area contributed by atoms with Crippen LogP contribution in [0.4, 0.5) is 14.6 Å². The molecule has 0 amide bonds. The number of benzene rings is 2. The fourth-order valence-electron chi connectivity index (χ4n) is 3.64. The van der Waals surface area contributed by atoms with E-state index >= 15 is 0 Å². The Balaban J connectivity index is 1.85. The fraction of sp³-hybridized carbons (Fsp3) is 0.300. The summed E-state index contributed by atoms with van der Waals surface area (Å²) in [6, 6.07) is 15.9. The molecule has 128 valence electrons. The van der Waals surface area contributed by atoms with Gasteiger partial charge >= 0.3 is 0 Å². The van der Waals surface area contributed by atoms with Crippen LogP contribution in [0, 0.1) is 6.92 Å². The maximum Gasteiger partial charge on any atom is 0.297 e. The molecule has 1 aliphatic rings. The summed E-state index contributed by atoms with van der Waals surface area (Å²) in [7, 11) is 0. The van der Waals surface area contributed by atoms with Crippen molar-refractivity contribution in [3.05, 3.63) is 65.5 Å². The zero-order chi connectivity index (χ0) is 17.4. The Morgan fingerprint density at radius 1 is 1.08 bits per heavy atom. The number of anilines is 1. The van der Waals surface area contributed by atoms with Crippen LogP contribution in [-0.2, 0) is 0 Å². The average molecular weight is 339 g/mol. The lowest BCUT2D eigenvalue weighted by Gasteiger charge is -2.27. The molecule has 0 saturated carbocycles. The van der Waals surface area contributed by atoms with Crippen molar-refractivity contribution in [1.29, 1.82) is 0 Å². The molecule has 5 heteroatoms. The summed E-state index contributed by atoms with van der Waals surface area (Å²) in [6.07, 6.45) is -0.671. The maximum atomic E-state index is 13.3. The number of aromatic nitrogens is 2. The van der Waals surface area contributed by atoms with Crippen molar-refractivity contribution in [3.63, 3.8) is 0 Å². The minimum absolute atomic E-state index is 0.156. The summed E-state index contributed by atoms with van der Waals surface area (Å²) in [5.41, 5.74) is 2.97. The molecular formula is C20H19F2N3. The SMILES string of the molecule is Cc1cccc(C2CCCN2c2nc(C(F)F)nc3ccccc23)c1. The van der Waals surface area contributed by atoms with E-state index in [1.807, 2.05) is 24.3 Å². The number of hydrogen-bond acceptors (Lipinski definition) is 3. The van der Waals surface area contributed by atoms with E-state index in [-0.39, 0.29) is 6.04 Å². The van der Waals surface area contributed by atoms with Crippen LogP contribution in [0.3, 0.4) is 0 Å². The molecule has 1 unspecified atom stereocenters. The zero-order valence-corrected chi connectivity index (χ0v) is 14.0. The van der Waals surface area contributed by atoms with Crippen LogP contribution in [0.15, 0.2) is 48.5 Å². The van der Waals surface area contributed by atoms with Gasteiger partial charge in [-0.3, -0.25) is 0 Å². The molecule has 3 aromatic rings. The lowest BCUT2D eigenvalue weighted by Crippen LogP contribution is -2.24. The number of aryl methyl sites for hydroxylation is 1. The molecule has 3 nitrogen and oxygen atoms in total. The van der Waals surface area contributed by atoms with Gasteiger partial charge in [0.25, 0.3) is 6.43 Å². The summed E-state index contributed by atoms with van der Waals surface area (Å²) in [5.74, 6) is 0.216. The van der Waals surface area contributed by atoms with Gasteiger partial charge in [0.05, 0.1) is 11.6 Å². The second kappa shape index (κ2) is 6.39. The molecule has 1 saturated heterocycles. The molecule has 25 heavy (non-hydrogen) atoms. The predicted octanol–water partition coefficient (Wildman–Crippen LogP) is 5.22. The summed E-state index contributed by atoms with van der Waals surface area (Å²) in [5, 5.41) is 0.825. The highest BCUT2D eigenvalue weighted by molar-refractivity contribution is 5.89. The lowest BCUT2D eigenvalue weighted by molar-refractivity contribution is 0.141. The first kappa shape index (κ1) is 15.9. The first-order chi connectivity index (χ1) is 12.1. The van der Waals surface area contributed by atoms with Crippen molar-refractivity contribution in [2.24, 2.45) is 0 Å². The third-order valence-corrected chi connectivity index (χ3v) is 4.75. The molecule has 0 radical (unpaired) electrons. The van der Waals surface area contributed by atoms with E-state index in [4.69, 9.17) is 0 Å². The molecule has 0 aliphatic carbocycles. The van der Waals surface area contributed by atoms with Crippen molar-refractivity contribution < 1.29 is 8.78 Å². The normalized spacial score (nSPS) is 17.6. The Bertz CT molecular complexity index is 910. The van der Waals surface area contributed by atoms with Gasteiger partial charge in [0.1, 0.15) is 5.82 Å². The van der Waals surface area contributed by atoms with E-state index in [9.17, 15) is 8.78 Å². The van der Waals surface area contributed by atoms with Crippen LogP contribution in [0.2, 0.25) is 0 Å². The van der Waals surface area contributed by atoms with Crippen LogP contribution < -0.4 is 4.90 Å². The molecule has 0 bridgehead atoms. The number of hydrogen-bond donors (Lipinski definition) is 0. The molecular weight excluding hydrogens is 320 g/mol. The van der Waals surface area contributed by atoms with E-state index < -0.39 is 12.2 Å². The van der Waals surface area contributed by atoms with Gasteiger partial charge in [0.15, 0.2) is 5.82 Å². The third-order valence-electron chi connectivity index (χ3n) is 4.75. The highest BCUT2D eigenvalue weighted by Crippen LogP contribution is 2.38. The minimum Gasteiger partial charge on any atom is -0.349 e. The molecule has 4 rings (SSSR count). The first-order valence-electron chi connectivity index (χ1n) is 8.51. The number of alkyl halides is 2. The Labute approximate surface area is 145 Å². The standard InChI is InChI=1S/C20H19F2N3/c1-13-6-4-7-14(12-13)17-10-5-11-25(17)20-15-8-2-3-9-16(15)23-19(24-20)18(21)22/h2-4,6-9,12,17-18H,5,10-11H2,1H3. The van der Waals surface area contributed by atoms with E-state index in [2.05, 4.69) is 40.0 Å².